The molecule has 2 fully saturated rings. The van der Waals surface area contributed by atoms with Crippen LogP contribution in [0.3, 0.4) is 0 Å². The first kappa shape index (κ1) is 7.53. The van der Waals surface area contributed by atoms with Crippen LogP contribution < -0.4 is 0 Å². The van der Waals surface area contributed by atoms with Gasteiger partial charge in [0.1, 0.15) is 6.10 Å². The van der Waals surface area contributed by atoms with Gasteiger partial charge < -0.3 is 14.6 Å². The Bertz CT molecular complexity index is 131. The van der Waals surface area contributed by atoms with Crippen LogP contribution in [0.5, 0.6) is 0 Å². The van der Waals surface area contributed by atoms with Gasteiger partial charge in [-0.2, -0.15) is 0 Å². The van der Waals surface area contributed by atoms with E-state index >= 15 is 0 Å². The number of rotatable bonds is 3. The second-order valence-corrected chi connectivity index (χ2v) is 3.27. The zero-order valence-corrected chi connectivity index (χ0v) is 6.53. The number of aliphatic hydroxyl groups is 1. The highest BCUT2D eigenvalue weighted by molar-refractivity contribution is 4.87. The summed E-state index contributed by atoms with van der Waals surface area (Å²) in [5, 5.41) is 8.68. The summed E-state index contributed by atoms with van der Waals surface area (Å²) >= 11 is 0. The summed E-state index contributed by atoms with van der Waals surface area (Å²) in [6, 6.07) is 0. The molecule has 3 nitrogen and oxygen atoms in total. The van der Waals surface area contributed by atoms with Crippen LogP contribution in [0, 0.1) is 0 Å². The van der Waals surface area contributed by atoms with E-state index in [1.807, 2.05) is 0 Å². The molecule has 2 rings (SSSR count). The Hall–Kier alpha value is -0.120. The molecule has 0 aromatic rings. The molecule has 0 radical (unpaired) electrons. The summed E-state index contributed by atoms with van der Waals surface area (Å²) < 4.78 is 10.6. The van der Waals surface area contributed by atoms with Crippen molar-refractivity contribution in [3.05, 3.63) is 0 Å². The minimum absolute atomic E-state index is 0.110. The van der Waals surface area contributed by atoms with Crippen molar-refractivity contribution in [3.63, 3.8) is 0 Å². The molecule has 64 valence electrons. The number of hydrogen-bond acceptors (Lipinski definition) is 3. The maximum absolute atomic E-state index is 8.68. The lowest BCUT2D eigenvalue weighted by atomic mass is 10.1. The lowest BCUT2D eigenvalue weighted by molar-refractivity contribution is 0.0969. The third-order valence-electron chi connectivity index (χ3n) is 2.39. The van der Waals surface area contributed by atoms with Gasteiger partial charge >= 0.3 is 0 Å². The molecule has 11 heavy (non-hydrogen) atoms. The topological polar surface area (TPSA) is 42.0 Å². The van der Waals surface area contributed by atoms with Gasteiger partial charge in [-0.3, -0.25) is 0 Å². The molecule has 0 spiro atoms. The Morgan fingerprint density at radius 2 is 2.27 bits per heavy atom. The van der Waals surface area contributed by atoms with Crippen LogP contribution in [-0.2, 0) is 9.47 Å². The average Bonchev–Trinajstić information content (AvgIpc) is 2.54. The van der Waals surface area contributed by atoms with Gasteiger partial charge in [0, 0.05) is 13.0 Å². The van der Waals surface area contributed by atoms with Crippen LogP contribution in [0.4, 0.5) is 0 Å². The van der Waals surface area contributed by atoms with Gasteiger partial charge in [-0.05, 0) is 12.8 Å². The second-order valence-electron chi connectivity index (χ2n) is 3.27. The predicted molar refractivity (Wildman–Crippen MR) is 39.3 cm³/mol. The average molecular weight is 158 g/mol. The summed E-state index contributed by atoms with van der Waals surface area (Å²) in [6.45, 7) is 1.07. The zero-order chi connectivity index (χ0) is 7.68. The van der Waals surface area contributed by atoms with Crippen LogP contribution in [0.1, 0.15) is 19.3 Å². The van der Waals surface area contributed by atoms with E-state index in [1.54, 1.807) is 0 Å². The van der Waals surface area contributed by atoms with Crippen molar-refractivity contribution in [1.29, 1.82) is 0 Å². The van der Waals surface area contributed by atoms with E-state index in [2.05, 4.69) is 0 Å². The fraction of sp³-hybridized carbons (Fsp3) is 1.00. The van der Waals surface area contributed by atoms with Gasteiger partial charge in [0.25, 0.3) is 0 Å². The van der Waals surface area contributed by atoms with Crippen LogP contribution >= 0.6 is 0 Å². The standard InChI is InChI=1S/C8H14O3/c9-5-8-7(11-8)4-6-2-1-3-10-6/h6-9H,1-5H2. The first-order chi connectivity index (χ1) is 5.40. The van der Waals surface area contributed by atoms with Crippen LogP contribution in [0.25, 0.3) is 0 Å². The zero-order valence-electron chi connectivity index (χ0n) is 6.53. The second kappa shape index (κ2) is 3.09. The first-order valence-electron chi connectivity index (χ1n) is 4.28. The van der Waals surface area contributed by atoms with Crippen molar-refractivity contribution in [3.8, 4) is 0 Å². The minimum atomic E-state index is 0.110. The summed E-state index contributed by atoms with van der Waals surface area (Å²) in [5.41, 5.74) is 0. The maximum atomic E-state index is 8.68. The highest BCUT2D eigenvalue weighted by Gasteiger charge is 2.40. The van der Waals surface area contributed by atoms with Gasteiger partial charge in [0.05, 0.1) is 18.8 Å². The van der Waals surface area contributed by atoms with Crippen molar-refractivity contribution in [2.75, 3.05) is 13.2 Å². The molecule has 2 saturated heterocycles. The predicted octanol–water partition coefficient (Wildman–Crippen LogP) is 0.315. The highest BCUT2D eigenvalue weighted by Crippen LogP contribution is 2.29. The van der Waals surface area contributed by atoms with E-state index in [0.29, 0.717) is 6.10 Å². The van der Waals surface area contributed by atoms with Crippen molar-refractivity contribution >= 4 is 0 Å². The fourth-order valence-electron chi connectivity index (χ4n) is 1.64. The molecule has 3 atom stereocenters. The molecule has 0 aromatic heterocycles. The molecule has 2 heterocycles. The Labute approximate surface area is 66.3 Å². The van der Waals surface area contributed by atoms with E-state index in [0.717, 1.165) is 19.4 Å². The number of epoxide rings is 1. The number of hydrogen-bond donors (Lipinski definition) is 1. The lowest BCUT2D eigenvalue weighted by Gasteiger charge is -2.05. The normalized spacial score (nSPS) is 42.8. The van der Waals surface area contributed by atoms with E-state index in [1.165, 1.54) is 6.42 Å². The van der Waals surface area contributed by atoms with Crippen LogP contribution in [0.2, 0.25) is 0 Å². The molecule has 3 heteroatoms. The Morgan fingerprint density at radius 1 is 1.36 bits per heavy atom. The van der Waals surface area contributed by atoms with Gasteiger partial charge in [-0.1, -0.05) is 0 Å². The Kier molecular flexibility index (Phi) is 2.11. The molecule has 0 amide bonds. The monoisotopic (exact) mass is 158 g/mol. The molecule has 2 aliphatic rings. The van der Waals surface area contributed by atoms with Gasteiger partial charge in [-0.15, -0.1) is 0 Å². The molecule has 0 saturated carbocycles. The lowest BCUT2D eigenvalue weighted by Crippen LogP contribution is -2.10. The molecule has 0 bridgehead atoms. The summed E-state index contributed by atoms with van der Waals surface area (Å²) in [4.78, 5) is 0. The number of ether oxygens (including phenoxy) is 2. The van der Waals surface area contributed by atoms with Gasteiger partial charge in [-0.25, -0.2) is 0 Å². The van der Waals surface area contributed by atoms with E-state index in [-0.39, 0.29) is 18.8 Å². The van der Waals surface area contributed by atoms with Gasteiger partial charge in [0.15, 0.2) is 0 Å². The fourth-order valence-corrected chi connectivity index (χ4v) is 1.64. The SMILES string of the molecule is OCC1OC1CC1CCCO1. The summed E-state index contributed by atoms with van der Waals surface area (Å²) in [7, 11) is 0. The Morgan fingerprint density at radius 3 is 2.82 bits per heavy atom. The van der Waals surface area contributed by atoms with Crippen LogP contribution in [-0.4, -0.2) is 36.6 Å². The van der Waals surface area contributed by atoms with Crippen molar-refractivity contribution in [2.45, 2.75) is 37.6 Å². The maximum Gasteiger partial charge on any atom is 0.107 e. The molecular weight excluding hydrogens is 144 g/mol. The summed E-state index contributed by atoms with van der Waals surface area (Å²) in [5.74, 6) is 0. The largest absolute Gasteiger partial charge is 0.394 e. The van der Waals surface area contributed by atoms with Gasteiger partial charge in [0.2, 0.25) is 0 Å². The molecule has 2 aliphatic heterocycles. The van der Waals surface area contributed by atoms with E-state index in [9.17, 15) is 0 Å². The van der Waals surface area contributed by atoms with Crippen LogP contribution in [0.15, 0.2) is 0 Å². The Balaban J connectivity index is 1.66. The van der Waals surface area contributed by atoms with E-state index < -0.39 is 0 Å². The van der Waals surface area contributed by atoms with Crippen molar-refractivity contribution in [2.24, 2.45) is 0 Å². The molecule has 1 N–H and O–H groups in total. The number of aliphatic hydroxyl groups excluding tert-OH is 1. The highest BCUT2D eigenvalue weighted by atomic mass is 16.6. The quantitative estimate of drug-likeness (QED) is 0.601. The smallest absolute Gasteiger partial charge is 0.107 e. The molecule has 0 aliphatic carbocycles. The minimum Gasteiger partial charge on any atom is -0.394 e. The molecule has 3 unspecified atom stereocenters. The third-order valence-corrected chi connectivity index (χ3v) is 2.39. The summed E-state index contributed by atoms with van der Waals surface area (Å²) in [6.07, 6.45) is 4.11. The third kappa shape index (κ3) is 1.72. The van der Waals surface area contributed by atoms with Crippen molar-refractivity contribution in [1.82, 2.24) is 0 Å². The van der Waals surface area contributed by atoms with E-state index in [4.69, 9.17) is 14.6 Å². The first-order valence-corrected chi connectivity index (χ1v) is 4.28. The van der Waals surface area contributed by atoms with Crippen molar-refractivity contribution < 1.29 is 14.6 Å². The molecule has 0 aromatic carbocycles. The molecular formula is C8H14O3.